The quantitative estimate of drug-likeness (QED) is 0.796. The number of anilines is 1. The molecule has 3 heterocycles. The first kappa shape index (κ1) is 14.4. The van der Waals surface area contributed by atoms with E-state index in [1.165, 1.54) is 0 Å². The molecule has 21 heavy (non-hydrogen) atoms. The SMILES string of the molecule is CC(C)(C)OC(=O)N1C[C@@H]2CN(c3ccc(Cl)nn3)C[C@@H]21. The second-order valence-corrected chi connectivity index (χ2v) is 6.97. The lowest BCUT2D eigenvalue weighted by Gasteiger charge is -2.43. The average Bonchev–Trinajstić information content (AvgIpc) is 2.66. The van der Waals surface area contributed by atoms with Gasteiger partial charge in [0.15, 0.2) is 11.0 Å². The molecule has 0 radical (unpaired) electrons. The Labute approximate surface area is 129 Å². The van der Waals surface area contributed by atoms with Crippen LogP contribution in [0.5, 0.6) is 0 Å². The van der Waals surface area contributed by atoms with E-state index in [0.29, 0.717) is 11.1 Å². The fourth-order valence-corrected chi connectivity index (χ4v) is 2.93. The maximum Gasteiger partial charge on any atom is 0.410 e. The van der Waals surface area contributed by atoms with Gasteiger partial charge >= 0.3 is 6.09 Å². The van der Waals surface area contributed by atoms with Crippen molar-refractivity contribution in [1.29, 1.82) is 0 Å². The summed E-state index contributed by atoms with van der Waals surface area (Å²) in [7, 11) is 0. The molecule has 114 valence electrons. The van der Waals surface area contributed by atoms with Crippen LogP contribution in [0.3, 0.4) is 0 Å². The second kappa shape index (κ2) is 5.02. The number of halogens is 1. The van der Waals surface area contributed by atoms with Gasteiger partial charge in [-0.05, 0) is 32.9 Å². The third-order valence-electron chi connectivity index (χ3n) is 3.81. The van der Waals surface area contributed by atoms with Crippen molar-refractivity contribution in [2.75, 3.05) is 24.5 Å². The van der Waals surface area contributed by atoms with E-state index in [1.54, 1.807) is 11.0 Å². The topological polar surface area (TPSA) is 58.6 Å². The van der Waals surface area contributed by atoms with E-state index < -0.39 is 5.60 Å². The maximum absolute atomic E-state index is 12.1. The smallest absolute Gasteiger partial charge is 0.410 e. The number of likely N-dealkylation sites (tertiary alicyclic amines) is 1. The molecule has 6 nitrogen and oxygen atoms in total. The first-order valence-electron chi connectivity index (χ1n) is 7.07. The summed E-state index contributed by atoms with van der Waals surface area (Å²) in [6.07, 6.45) is -0.229. The molecule has 0 unspecified atom stereocenters. The molecule has 1 amide bonds. The Morgan fingerprint density at radius 2 is 2.05 bits per heavy atom. The van der Waals surface area contributed by atoms with Crippen LogP contribution in [0.25, 0.3) is 0 Å². The molecule has 2 fully saturated rings. The lowest BCUT2D eigenvalue weighted by atomic mass is 9.93. The first-order valence-corrected chi connectivity index (χ1v) is 7.45. The van der Waals surface area contributed by atoms with Crippen LogP contribution in [-0.2, 0) is 4.74 Å². The van der Waals surface area contributed by atoms with Crippen molar-refractivity contribution in [2.24, 2.45) is 5.92 Å². The highest BCUT2D eigenvalue weighted by Crippen LogP contribution is 2.35. The largest absolute Gasteiger partial charge is 0.444 e. The number of ether oxygens (including phenoxy) is 1. The van der Waals surface area contributed by atoms with Crippen molar-refractivity contribution >= 4 is 23.5 Å². The minimum absolute atomic E-state index is 0.206. The summed E-state index contributed by atoms with van der Waals surface area (Å²) in [5.74, 6) is 1.29. The van der Waals surface area contributed by atoms with Crippen LogP contribution in [0.2, 0.25) is 5.15 Å². The highest BCUT2D eigenvalue weighted by atomic mass is 35.5. The van der Waals surface area contributed by atoms with Crippen LogP contribution in [0.1, 0.15) is 20.8 Å². The summed E-state index contributed by atoms with van der Waals surface area (Å²) in [5.41, 5.74) is -0.456. The van der Waals surface area contributed by atoms with Gasteiger partial charge in [-0.2, -0.15) is 0 Å². The zero-order chi connectivity index (χ0) is 15.2. The molecule has 0 aliphatic carbocycles. The minimum atomic E-state index is -0.456. The van der Waals surface area contributed by atoms with Crippen molar-refractivity contribution in [3.8, 4) is 0 Å². The molecule has 2 atom stereocenters. The summed E-state index contributed by atoms with van der Waals surface area (Å²) in [4.78, 5) is 16.1. The molecule has 0 aromatic carbocycles. The number of hydrogen-bond acceptors (Lipinski definition) is 5. The summed E-state index contributed by atoms with van der Waals surface area (Å²) >= 11 is 5.75. The fourth-order valence-electron chi connectivity index (χ4n) is 2.83. The van der Waals surface area contributed by atoms with E-state index in [4.69, 9.17) is 16.3 Å². The van der Waals surface area contributed by atoms with Crippen molar-refractivity contribution in [3.63, 3.8) is 0 Å². The lowest BCUT2D eigenvalue weighted by Crippen LogP contribution is -2.59. The molecule has 0 spiro atoms. The van der Waals surface area contributed by atoms with E-state index in [0.717, 1.165) is 25.5 Å². The molecular weight excluding hydrogens is 292 g/mol. The van der Waals surface area contributed by atoms with Crippen LogP contribution >= 0.6 is 11.6 Å². The first-order chi connectivity index (χ1) is 9.83. The summed E-state index contributed by atoms with van der Waals surface area (Å²) < 4.78 is 5.43. The number of amides is 1. The van der Waals surface area contributed by atoms with Crippen molar-refractivity contribution in [3.05, 3.63) is 17.3 Å². The Balaban J connectivity index is 1.63. The van der Waals surface area contributed by atoms with Crippen molar-refractivity contribution in [1.82, 2.24) is 15.1 Å². The van der Waals surface area contributed by atoms with Gasteiger partial charge in [-0.3, -0.25) is 0 Å². The number of aromatic nitrogens is 2. The van der Waals surface area contributed by atoms with Gasteiger partial charge in [-0.25, -0.2) is 4.79 Å². The molecule has 2 aliphatic heterocycles. The van der Waals surface area contributed by atoms with Gasteiger partial charge < -0.3 is 14.5 Å². The molecule has 0 bridgehead atoms. The molecule has 1 aromatic rings. The van der Waals surface area contributed by atoms with Gasteiger partial charge in [-0.1, -0.05) is 11.6 Å². The van der Waals surface area contributed by atoms with Gasteiger partial charge in [0.2, 0.25) is 0 Å². The molecule has 1 aromatic heterocycles. The lowest BCUT2D eigenvalue weighted by molar-refractivity contribution is -0.0163. The Morgan fingerprint density at radius 1 is 1.29 bits per heavy atom. The van der Waals surface area contributed by atoms with Crippen molar-refractivity contribution in [2.45, 2.75) is 32.4 Å². The van der Waals surface area contributed by atoms with Gasteiger partial charge in [0.1, 0.15) is 5.60 Å². The van der Waals surface area contributed by atoms with Crippen molar-refractivity contribution < 1.29 is 9.53 Å². The Kier molecular flexibility index (Phi) is 3.43. The average molecular weight is 311 g/mol. The van der Waals surface area contributed by atoms with Crippen LogP contribution in [0.15, 0.2) is 12.1 Å². The highest BCUT2D eigenvalue weighted by molar-refractivity contribution is 6.29. The van der Waals surface area contributed by atoms with E-state index in [-0.39, 0.29) is 12.1 Å². The number of hydrogen-bond donors (Lipinski definition) is 0. The van der Waals surface area contributed by atoms with Crippen LogP contribution in [0.4, 0.5) is 10.6 Å². The van der Waals surface area contributed by atoms with Crippen LogP contribution in [-0.4, -0.2) is 52.5 Å². The highest BCUT2D eigenvalue weighted by Gasteiger charge is 2.49. The van der Waals surface area contributed by atoms with E-state index in [2.05, 4.69) is 15.1 Å². The molecule has 0 N–H and O–H groups in total. The number of rotatable bonds is 1. The Bertz CT molecular complexity index is 543. The minimum Gasteiger partial charge on any atom is -0.444 e. The Morgan fingerprint density at radius 3 is 2.67 bits per heavy atom. The summed E-state index contributed by atoms with van der Waals surface area (Å²) in [6.45, 7) is 8.04. The predicted molar refractivity (Wildman–Crippen MR) is 79.5 cm³/mol. The molecular formula is C14H19ClN4O2. The van der Waals surface area contributed by atoms with Gasteiger partial charge in [0, 0.05) is 25.6 Å². The summed E-state index contributed by atoms with van der Waals surface area (Å²) in [5, 5.41) is 8.35. The van der Waals surface area contributed by atoms with Gasteiger partial charge in [-0.15, -0.1) is 10.2 Å². The number of carbonyl (C=O) groups excluding carboxylic acids is 1. The normalized spacial score (nSPS) is 24.6. The third kappa shape index (κ3) is 2.90. The zero-order valence-corrected chi connectivity index (χ0v) is 13.2. The number of fused-ring (bicyclic) bond motifs is 1. The molecule has 2 aliphatic rings. The molecule has 0 saturated carbocycles. The standard InChI is InChI=1S/C14H19ClN4O2/c1-14(2,3)21-13(20)19-7-9-6-18(8-10(9)19)12-5-4-11(15)16-17-12/h4-5,9-10H,6-8H2,1-3H3/t9-,10-/m0/s1. The van der Waals surface area contributed by atoms with E-state index in [1.807, 2.05) is 26.8 Å². The maximum atomic E-state index is 12.1. The molecule has 7 heteroatoms. The fraction of sp³-hybridized carbons (Fsp3) is 0.643. The Hall–Kier alpha value is -1.56. The third-order valence-corrected chi connectivity index (χ3v) is 4.01. The second-order valence-electron chi connectivity index (χ2n) is 6.58. The molecule has 2 saturated heterocycles. The predicted octanol–water partition coefficient (Wildman–Crippen LogP) is 2.19. The van der Waals surface area contributed by atoms with Gasteiger partial charge in [0.05, 0.1) is 6.04 Å². The van der Waals surface area contributed by atoms with E-state index in [9.17, 15) is 4.79 Å². The number of nitrogens with zero attached hydrogens (tertiary/aromatic N) is 4. The van der Waals surface area contributed by atoms with Crippen LogP contribution < -0.4 is 4.90 Å². The summed E-state index contributed by atoms with van der Waals surface area (Å²) in [6, 6.07) is 3.80. The number of carbonyl (C=O) groups is 1. The van der Waals surface area contributed by atoms with Crippen LogP contribution in [0, 0.1) is 5.92 Å². The van der Waals surface area contributed by atoms with E-state index >= 15 is 0 Å². The molecule has 3 rings (SSSR count). The van der Waals surface area contributed by atoms with Gasteiger partial charge in [0.25, 0.3) is 0 Å². The zero-order valence-electron chi connectivity index (χ0n) is 12.4. The monoisotopic (exact) mass is 310 g/mol.